The summed E-state index contributed by atoms with van der Waals surface area (Å²) in [4.78, 5) is 24.1. The first kappa shape index (κ1) is 19.0. The lowest BCUT2D eigenvalue weighted by molar-refractivity contribution is -0.127. The zero-order valence-corrected chi connectivity index (χ0v) is 16.0. The quantitative estimate of drug-likeness (QED) is 0.661. The number of carbonyl (C=O) groups is 1. The molecule has 0 fully saturated rings. The molecule has 0 aliphatic carbocycles. The topological polar surface area (TPSA) is 68.5 Å². The molecule has 0 aliphatic heterocycles. The Bertz CT molecular complexity index is 1040. The van der Waals surface area contributed by atoms with E-state index in [-0.39, 0.29) is 11.9 Å². The molecule has 0 unspecified atom stereocenters. The van der Waals surface area contributed by atoms with Crippen molar-refractivity contribution < 1.29 is 13.9 Å². The molecule has 0 aliphatic rings. The fourth-order valence-corrected chi connectivity index (χ4v) is 3.02. The summed E-state index contributed by atoms with van der Waals surface area (Å²) < 4.78 is 11.0. The molecule has 1 heterocycles. The maximum absolute atomic E-state index is 12.0. The maximum Gasteiger partial charge on any atom is 0.336 e. The first-order valence-electron chi connectivity index (χ1n) is 8.65. The highest BCUT2D eigenvalue weighted by atomic mass is 35.5. The minimum atomic E-state index is -0.677. The van der Waals surface area contributed by atoms with Crippen molar-refractivity contribution >= 4 is 28.5 Å². The monoisotopic (exact) mass is 385 g/mol. The fourth-order valence-electron chi connectivity index (χ4n) is 2.78. The van der Waals surface area contributed by atoms with Crippen molar-refractivity contribution in [3.8, 4) is 16.9 Å². The molecule has 1 aromatic heterocycles. The second-order valence-corrected chi connectivity index (χ2v) is 6.95. The summed E-state index contributed by atoms with van der Waals surface area (Å²) in [5.74, 6) is 0.227. The van der Waals surface area contributed by atoms with Crippen LogP contribution in [0.25, 0.3) is 22.1 Å². The number of hydrogen-bond acceptors (Lipinski definition) is 4. The Morgan fingerprint density at radius 1 is 1.07 bits per heavy atom. The van der Waals surface area contributed by atoms with Crippen molar-refractivity contribution in [3.63, 3.8) is 0 Å². The van der Waals surface area contributed by atoms with Gasteiger partial charge in [-0.1, -0.05) is 29.8 Å². The molecule has 1 amide bonds. The van der Waals surface area contributed by atoms with Gasteiger partial charge < -0.3 is 14.5 Å². The van der Waals surface area contributed by atoms with Gasteiger partial charge >= 0.3 is 5.63 Å². The van der Waals surface area contributed by atoms with E-state index in [9.17, 15) is 9.59 Å². The van der Waals surface area contributed by atoms with Crippen molar-refractivity contribution in [1.29, 1.82) is 0 Å². The third-order valence-corrected chi connectivity index (χ3v) is 4.32. The van der Waals surface area contributed by atoms with E-state index >= 15 is 0 Å². The Kier molecular flexibility index (Phi) is 5.51. The van der Waals surface area contributed by atoms with Gasteiger partial charge in [-0.15, -0.1) is 0 Å². The van der Waals surface area contributed by atoms with E-state index < -0.39 is 11.7 Å². The van der Waals surface area contributed by atoms with Crippen molar-refractivity contribution in [1.82, 2.24) is 5.32 Å². The van der Waals surface area contributed by atoms with Crippen LogP contribution in [0.3, 0.4) is 0 Å². The predicted octanol–water partition coefficient (Wildman–Crippen LogP) is 4.41. The second-order valence-electron chi connectivity index (χ2n) is 6.54. The minimum Gasteiger partial charge on any atom is -0.481 e. The number of hydrogen-bond donors (Lipinski definition) is 1. The van der Waals surface area contributed by atoms with Gasteiger partial charge in [-0.25, -0.2) is 4.79 Å². The summed E-state index contributed by atoms with van der Waals surface area (Å²) in [7, 11) is 0. The lowest BCUT2D eigenvalue weighted by Crippen LogP contribution is -2.40. The van der Waals surface area contributed by atoms with Gasteiger partial charge in [-0.2, -0.15) is 0 Å². The third-order valence-electron chi connectivity index (χ3n) is 3.99. The third kappa shape index (κ3) is 4.31. The predicted molar refractivity (Wildman–Crippen MR) is 106 cm³/mol. The van der Waals surface area contributed by atoms with Crippen LogP contribution in [0.1, 0.15) is 20.8 Å². The Morgan fingerprint density at radius 3 is 2.52 bits per heavy atom. The molecular formula is C21H20ClNO4. The van der Waals surface area contributed by atoms with Gasteiger partial charge in [0.25, 0.3) is 5.91 Å². The SMILES string of the molecule is CC(C)NC(=O)[C@@H](C)Oc1ccc2c(-c3ccccc3Cl)cc(=O)oc2c1. The van der Waals surface area contributed by atoms with E-state index in [2.05, 4.69) is 5.32 Å². The zero-order chi connectivity index (χ0) is 19.6. The number of benzene rings is 2. The van der Waals surface area contributed by atoms with Crippen LogP contribution >= 0.6 is 11.6 Å². The molecule has 0 radical (unpaired) electrons. The number of ether oxygens (including phenoxy) is 1. The fraction of sp³-hybridized carbons (Fsp3) is 0.238. The summed E-state index contributed by atoms with van der Waals surface area (Å²) in [5.41, 5.74) is 1.31. The van der Waals surface area contributed by atoms with Crippen molar-refractivity contribution in [3.05, 3.63) is 64.0 Å². The summed E-state index contributed by atoms with van der Waals surface area (Å²) in [6, 6.07) is 13.9. The summed E-state index contributed by atoms with van der Waals surface area (Å²) in [6.07, 6.45) is -0.677. The summed E-state index contributed by atoms with van der Waals surface area (Å²) in [6.45, 7) is 5.43. The van der Waals surface area contributed by atoms with Crippen LogP contribution in [-0.4, -0.2) is 18.1 Å². The first-order chi connectivity index (χ1) is 12.8. The van der Waals surface area contributed by atoms with Crippen LogP contribution in [0.2, 0.25) is 5.02 Å². The van der Waals surface area contributed by atoms with Crippen LogP contribution in [-0.2, 0) is 4.79 Å². The van der Waals surface area contributed by atoms with Gasteiger partial charge in [0, 0.05) is 39.7 Å². The Labute approximate surface area is 161 Å². The minimum absolute atomic E-state index is 0.0244. The molecule has 3 rings (SSSR count). The van der Waals surface area contributed by atoms with E-state index in [1.54, 1.807) is 31.2 Å². The first-order valence-corrected chi connectivity index (χ1v) is 9.03. The summed E-state index contributed by atoms with van der Waals surface area (Å²) >= 11 is 6.29. The highest BCUT2D eigenvalue weighted by Gasteiger charge is 2.17. The van der Waals surface area contributed by atoms with Gasteiger partial charge in [-0.05, 0) is 39.0 Å². The van der Waals surface area contributed by atoms with Gasteiger partial charge in [0.15, 0.2) is 6.10 Å². The molecule has 0 bridgehead atoms. The lowest BCUT2D eigenvalue weighted by Gasteiger charge is -2.17. The van der Waals surface area contributed by atoms with Gasteiger partial charge in [0.2, 0.25) is 0 Å². The number of nitrogens with one attached hydrogen (secondary N) is 1. The average Bonchev–Trinajstić information content (AvgIpc) is 2.60. The summed E-state index contributed by atoms with van der Waals surface area (Å²) in [5, 5.41) is 4.07. The van der Waals surface area contributed by atoms with Crippen molar-refractivity contribution in [2.24, 2.45) is 0 Å². The number of fused-ring (bicyclic) bond motifs is 1. The molecule has 3 aromatic rings. The molecule has 0 spiro atoms. The van der Waals surface area contributed by atoms with E-state index in [0.29, 0.717) is 21.9 Å². The van der Waals surface area contributed by atoms with Gasteiger partial charge in [-0.3, -0.25) is 4.79 Å². The average molecular weight is 386 g/mol. The van der Waals surface area contributed by atoms with Crippen molar-refractivity contribution in [2.75, 3.05) is 0 Å². The lowest BCUT2D eigenvalue weighted by atomic mass is 10.0. The molecule has 5 nitrogen and oxygen atoms in total. The normalized spacial score (nSPS) is 12.2. The van der Waals surface area contributed by atoms with Crippen LogP contribution in [0.5, 0.6) is 5.75 Å². The number of rotatable bonds is 5. The van der Waals surface area contributed by atoms with Crippen LogP contribution in [0.4, 0.5) is 0 Å². The molecule has 27 heavy (non-hydrogen) atoms. The van der Waals surface area contributed by atoms with Crippen LogP contribution in [0.15, 0.2) is 57.7 Å². The highest BCUT2D eigenvalue weighted by molar-refractivity contribution is 6.33. The van der Waals surface area contributed by atoms with Crippen LogP contribution in [0, 0.1) is 0 Å². The van der Waals surface area contributed by atoms with Crippen LogP contribution < -0.4 is 15.7 Å². The molecule has 2 aromatic carbocycles. The maximum atomic E-state index is 12.0. The molecule has 0 saturated carbocycles. The second kappa shape index (κ2) is 7.84. The number of carbonyl (C=O) groups excluding carboxylic acids is 1. The molecule has 6 heteroatoms. The zero-order valence-electron chi connectivity index (χ0n) is 15.3. The molecular weight excluding hydrogens is 366 g/mol. The van der Waals surface area contributed by atoms with Crippen molar-refractivity contribution in [2.45, 2.75) is 32.9 Å². The standard InChI is InChI=1S/C21H20ClNO4/c1-12(2)23-21(25)13(3)26-14-8-9-16-17(11-20(24)27-19(16)10-14)15-6-4-5-7-18(15)22/h4-13H,1-3H3,(H,23,25)/t13-/m1/s1. The Balaban J connectivity index is 1.98. The molecule has 1 N–H and O–H groups in total. The van der Waals surface area contributed by atoms with E-state index in [1.165, 1.54) is 6.07 Å². The largest absolute Gasteiger partial charge is 0.481 e. The number of halogens is 1. The Hall–Kier alpha value is -2.79. The molecule has 1 atom stereocenters. The smallest absolute Gasteiger partial charge is 0.336 e. The highest BCUT2D eigenvalue weighted by Crippen LogP contribution is 2.33. The van der Waals surface area contributed by atoms with E-state index in [4.69, 9.17) is 20.8 Å². The van der Waals surface area contributed by atoms with E-state index in [0.717, 1.165) is 10.9 Å². The number of amides is 1. The molecule has 0 saturated heterocycles. The van der Waals surface area contributed by atoms with E-state index in [1.807, 2.05) is 32.0 Å². The molecule has 140 valence electrons. The van der Waals surface area contributed by atoms with Gasteiger partial charge in [0.05, 0.1) is 0 Å². The van der Waals surface area contributed by atoms with Gasteiger partial charge in [0.1, 0.15) is 11.3 Å². The Morgan fingerprint density at radius 2 is 1.81 bits per heavy atom.